The highest BCUT2D eigenvalue weighted by Gasteiger charge is 2.34. The average Bonchev–Trinajstić information content (AvgIpc) is 3.25. The van der Waals surface area contributed by atoms with Crippen molar-refractivity contribution in [3.8, 4) is 0 Å². The first-order valence-corrected chi connectivity index (χ1v) is 20.8. The molecule has 0 aliphatic heterocycles. The maximum Gasteiger partial charge on any atom is 0.280 e. The van der Waals surface area contributed by atoms with Crippen LogP contribution >= 0.6 is 11.6 Å². The third-order valence-electron chi connectivity index (χ3n) is 10.5. The van der Waals surface area contributed by atoms with E-state index in [1.807, 2.05) is 36.4 Å². The molecular formula is C40H63ClN10O11. The van der Waals surface area contributed by atoms with Gasteiger partial charge >= 0.3 is 0 Å². The number of aryl methyl sites for hydroxylation is 2. The van der Waals surface area contributed by atoms with Crippen molar-refractivity contribution in [2.24, 2.45) is 16.5 Å². The second-order valence-corrected chi connectivity index (χ2v) is 15.5. The molecule has 0 spiro atoms. The van der Waals surface area contributed by atoms with Crippen LogP contribution in [0.25, 0.3) is 10.8 Å². The van der Waals surface area contributed by atoms with Crippen molar-refractivity contribution in [3.05, 3.63) is 58.4 Å². The van der Waals surface area contributed by atoms with Gasteiger partial charge in [-0.25, -0.2) is 9.97 Å². The summed E-state index contributed by atoms with van der Waals surface area (Å²) in [5.41, 5.74) is 24.8. The first-order valence-electron chi connectivity index (χ1n) is 20.4. The molecule has 2 amide bonds. The summed E-state index contributed by atoms with van der Waals surface area (Å²) >= 11 is 5.85. The third kappa shape index (κ3) is 15.5. The standard InChI is InChI=1S/C40H63ClN10O11/c1-2-26(53)31(57)32(58)27(54)18-51(19-28(55)33(59)34(60)29(56)20-52)17-7-16-46-25(38(44)61)14-13-22-12-11-21(23-9-3-4-10-24(22)23)8-5-6-15-47-40(45)50-39(62)30-36(42)49-37(43)35(41)48-30/h3-4,9-12,25-29,31-34,46,52-60H,2,5-8,13-20H2,1H3,(H2,44,61)(H4,42,43,49)(H3,45,47,50,62)/t25-,26?,27?,28?,29?,31?,32?,33?,34?/m1/s1. The van der Waals surface area contributed by atoms with Crippen LogP contribution in [0.3, 0.4) is 0 Å². The highest BCUT2D eigenvalue weighted by molar-refractivity contribution is 6.31. The van der Waals surface area contributed by atoms with E-state index in [4.69, 9.17) is 39.6 Å². The van der Waals surface area contributed by atoms with Crippen molar-refractivity contribution in [2.75, 3.05) is 50.8 Å². The van der Waals surface area contributed by atoms with Gasteiger partial charge in [0.1, 0.15) is 30.5 Å². The minimum Gasteiger partial charge on any atom is -0.394 e. The summed E-state index contributed by atoms with van der Waals surface area (Å²) in [4.78, 5) is 38.3. The number of carbonyl (C=O) groups is 2. The van der Waals surface area contributed by atoms with Crippen molar-refractivity contribution >= 4 is 51.8 Å². The summed E-state index contributed by atoms with van der Waals surface area (Å²) in [5, 5.41) is 98.8. The zero-order chi connectivity index (χ0) is 46.1. The van der Waals surface area contributed by atoms with Crippen molar-refractivity contribution < 1.29 is 55.5 Å². The van der Waals surface area contributed by atoms with Crippen molar-refractivity contribution in [3.63, 3.8) is 0 Å². The molecule has 0 saturated heterocycles. The number of halogens is 1. The second kappa shape index (κ2) is 25.7. The number of aliphatic hydroxyl groups excluding tert-OH is 9. The van der Waals surface area contributed by atoms with E-state index in [0.717, 1.165) is 34.7 Å². The Balaban J connectivity index is 1.57. The highest BCUT2D eigenvalue weighted by atomic mass is 35.5. The Morgan fingerprint density at radius 1 is 0.774 bits per heavy atom. The van der Waals surface area contributed by atoms with Crippen LogP contribution in [0.15, 0.2) is 41.4 Å². The van der Waals surface area contributed by atoms with E-state index in [1.54, 1.807) is 6.92 Å². The fourth-order valence-corrected chi connectivity index (χ4v) is 6.92. The fraction of sp³-hybridized carbons (Fsp3) is 0.575. The van der Waals surface area contributed by atoms with Crippen LogP contribution < -0.4 is 33.6 Å². The van der Waals surface area contributed by atoms with Gasteiger partial charge in [0, 0.05) is 19.6 Å². The summed E-state index contributed by atoms with van der Waals surface area (Å²) < 4.78 is 0. The maximum absolute atomic E-state index is 12.5. The number of primary amides is 1. The monoisotopic (exact) mass is 894 g/mol. The lowest BCUT2D eigenvalue weighted by atomic mass is 9.93. The Morgan fingerprint density at radius 3 is 1.90 bits per heavy atom. The first-order chi connectivity index (χ1) is 29.4. The molecule has 2 aromatic carbocycles. The number of nitrogens with zero attached hydrogens (tertiary/aromatic N) is 4. The molecule has 0 bridgehead atoms. The molecule has 0 aliphatic rings. The number of hydrogen-bond acceptors (Lipinski definition) is 18. The molecule has 22 heteroatoms. The fourth-order valence-electron chi connectivity index (χ4n) is 6.80. The number of rotatable bonds is 27. The minimum atomic E-state index is -1.89. The zero-order valence-electron chi connectivity index (χ0n) is 34.7. The molecule has 1 heterocycles. The number of unbranched alkanes of at least 4 members (excludes halogenated alkanes) is 1. The number of aliphatic imine (C=N–C) groups is 1. The molecule has 346 valence electrons. The normalized spacial score (nSPS) is 16.6. The smallest absolute Gasteiger partial charge is 0.280 e. The zero-order valence-corrected chi connectivity index (χ0v) is 35.4. The third-order valence-corrected chi connectivity index (χ3v) is 10.7. The maximum atomic E-state index is 12.5. The Labute approximate surface area is 364 Å². The lowest BCUT2D eigenvalue weighted by Crippen LogP contribution is -2.53. The van der Waals surface area contributed by atoms with E-state index >= 15 is 0 Å². The Morgan fingerprint density at radius 2 is 1.34 bits per heavy atom. The highest BCUT2D eigenvalue weighted by Crippen LogP contribution is 2.26. The van der Waals surface area contributed by atoms with Gasteiger partial charge in [-0.2, -0.15) is 0 Å². The molecule has 21 nitrogen and oxygen atoms in total. The van der Waals surface area contributed by atoms with Gasteiger partial charge in [0.25, 0.3) is 5.91 Å². The quantitative estimate of drug-likeness (QED) is 0.0204. The van der Waals surface area contributed by atoms with E-state index in [2.05, 4.69) is 25.6 Å². The molecule has 0 fully saturated rings. The number of nitrogens with one attached hydrogen (secondary N) is 2. The number of nitrogens with two attached hydrogens (primary N) is 4. The number of aromatic nitrogens is 2. The predicted molar refractivity (Wildman–Crippen MR) is 233 cm³/mol. The van der Waals surface area contributed by atoms with Crippen LogP contribution in [0.2, 0.25) is 5.15 Å². The summed E-state index contributed by atoms with van der Waals surface area (Å²) in [6, 6.07) is 11.3. The number of amides is 2. The van der Waals surface area contributed by atoms with Gasteiger partial charge in [-0.15, -0.1) is 0 Å². The number of anilines is 2. The summed E-state index contributed by atoms with van der Waals surface area (Å²) in [7, 11) is 0. The number of guanidine groups is 1. The van der Waals surface area contributed by atoms with Crippen LogP contribution in [0.5, 0.6) is 0 Å². The van der Waals surface area contributed by atoms with Crippen LogP contribution in [-0.2, 0) is 17.6 Å². The van der Waals surface area contributed by atoms with E-state index in [1.165, 1.54) is 4.90 Å². The number of benzene rings is 2. The van der Waals surface area contributed by atoms with Crippen molar-refractivity contribution in [2.45, 2.75) is 107 Å². The van der Waals surface area contributed by atoms with Gasteiger partial charge in [-0.1, -0.05) is 54.9 Å². The molecular weight excluding hydrogens is 832 g/mol. The van der Waals surface area contributed by atoms with Crippen molar-refractivity contribution in [1.29, 1.82) is 0 Å². The minimum absolute atomic E-state index is 0.107. The summed E-state index contributed by atoms with van der Waals surface area (Å²) in [6.07, 6.45) is -10.0. The lowest BCUT2D eigenvalue weighted by molar-refractivity contribution is -0.127. The molecule has 62 heavy (non-hydrogen) atoms. The van der Waals surface area contributed by atoms with E-state index in [9.17, 15) is 50.4 Å². The van der Waals surface area contributed by atoms with E-state index < -0.39 is 73.3 Å². The van der Waals surface area contributed by atoms with Gasteiger partial charge in [0.2, 0.25) is 5.91 Å². The Bertz CT molecular complexity index is 1890. The molecule has 9 atom stereocenters. The second-order valence-electron chi connectivity index (χ2n) is 15.1. The number of aliphatic hydroxyl groups is 9. The molecule has 3 aromatic rings. The molecule has 3 rings (SSSR count). The van der Waals surface area contributed by atoms with Gasteiger partial charge in [0.05, 0.1) is 31.0 Å². The van der Waals surface area contributed by atoms with Gasteiger partial charge in [-0.3, -0.25) is 24.8 Å². The Hall–Kier alpha value is -4.36. The molecule has 1 aromatic heterocycles. The largest absolute Gasteiger partial charge is 0.394 e. The Kier molecular flexibility index (Phi) is 21.5. The van der Waals surface area contributed by atoms with Gasteiger partial charge in [-0.05, 0) is 79.9 Å². The lowest BCUT2D eigenvalue weighted by Gasteiger charge is -2.33. The van der Waals surface area contributed by atoms with Crippen LogP contribution in [0.1, 0.15) is 60.6 Å². The topological polar surface area (TPSA) is 386 Å². The molecule has 0 radical (unpaired) electrons. The summed E-state index contributed by atoms with van der Waals surface area (Å²) in [6.45, 7) is 0.708. The van der Waals surface area contributed by atoms with Crippen LogP contribution in [0, 0.1) is 0 Å². The van der Waals surface area contributed by atoms with Gasteiger partial charge < -0.3 is 74.2 Å². The molecule has 0 aliphatic carbocycles. The SMILES string of the molecule is CCC(O)C(O)C(O)C(O)CN(CCCN[C@H](CCc1ccc(CCCCN=C(N)NC(=O)c2nc(Cl)c(N)nc2N)c2ccccc12)C(N)=O)CC(O)C(O)C(O)C(O)CO. The van der Waals surface area contributed by atoms with E-state index in [-0.39, 0.29) is 61.0 Å². The number of nitrogen functional groups attached to an aromatic ring is 2. The molecule has 8 unspecified atom stereocenters. The summed E-state index contributed by atoms with van der Waals surface area (Å²) in [5.74, 6) is -1.73. The number of hydrogen-bond donors (Lipinski definition) is 15. The average molecular weight is 895 g/mol. The van der Waals surface area contributed by atoms with Crippen molar-refractivity contribution in [1.82, 2.24) is 25.5 Å². The number of fused-ring (bicyclic) bond motifs is 1. The number of carbonyl (C=O) groups excluding carboxylic acids is 2. The van der Waals surface area contributed by atoms with E-state index in [0.29, 0.717) is 32.2 Å². The first kappa shape index (κ1) is 52.0. The molecule has 19 N–H and O–H groups in total. The van der Waals surface area contributed by atoms with Crippen LogP contribution in [0.4, 0.5) is 11.6 Å². The molecule has 0 saturated carbocycles. The van der Waals surface area contributed by atoms with Crippen LogP contribution in [-0.4, -0.2) is 173 Å². The predicted octanol–water partition coefficient (Wildman–Crippen LogP) is -3.13. The van der Waals surface area contributed by atoms with Gasteiger partial charge in [0.15, 0.2) is 28.4 Å².